The Kier molecular flexibility index (Phi) is 13.8. The maximum Gasteiger partial charge on any atom is 0.328 e. The zero-order chi connectivity index (χ0) is 32.3. The number of carbonyl (C=O) groups excluding carboxylic acids is 5. The minimum Gasteiger partial charge on any atom is -0.508 e. The van der Waals surface area contributed by atoms with Crippen molar-refractivity contribution in [2.24, 2.45) is 11.5 Å². The average Bonchev–Trinajstić information content (AvgIpc) is 2.88. The minimum atomic E-state index is -1.75. The van der Waals surface area contributed by atoms with Gasteiger partial charge in [0.25, 0.3) is 0 Å². The van der Waals surface area contributed by atoms with Crippen molar-refractivity contribution in [1.29, 1.82) is 0 Å². The van der Waals surface area contributed by atoms with E-state index in [1.807, 2.05) is 0 Å². The van der Waals surface area contributed by atoms with Crippen molar-refractivity contribution >= 4 is 35.5 Å². The Morgan fingerprint density at radius 1 is 0.714 bits per heavy atom. The summed E-state index contributed by atoms with van der Waals surface area (Å²) in [5, 5.41) is 56.9. The van der Waals surface area contributed by atoms with Gasteiger partial charge in [0, 0.05) is 6.42 Å². The number of carboxylic acids is 1. The number of primary amides is 1. The third kappa shape index (κ3) is 11.3. The Bertz CT molecular complexity index is 1130. The van der Waals surface area contributed by atoms with Gasteiger partial charge in [0.2, 0.25) is 29.5 Å². The van der Waals surface area contributed by atoms with Gasteiger partial charge in [-0.3, -0.25) is 24.0 Å². The first-order chi connectivity index (χ1) is 19.4. The van der Waals surface area contributed by atoms with Gasteiger partial charge in [0.05, 0.1) is 24.7 Å². The number of hydrogen-bond donors (Lipinski definition) is 11. The highest BCUT2D eigenvalue weighted by Gasteiger charge is 2.35. The zero-order valence-corrected chi connectivity index (χ0v) is 23.2. The molecule has 17 nitrogen and oxygen atoms in total. The topological polar surface area (TPSA) is 304 Å². The van der Waals surface area contributed by atoms with Gasteiger partial charge in [-0.1, -0.05) is 12.1 Å². The van der Waals surface area contributed by atoms with E-state index in [0.717, 1.165) is 13.8 Å². The molecule has 17 heteroatoms. The first kappa shape index (κ1) is 35.7. The largest absolute Gasteiger partial charge is 0.508 e. The lowest BCUT2D eigenvalue weighted by Gasteiger charge is -2.27. The van der Waals surface area contributed by atoms with Gasteiger partial charge in [0.15, 0.2) is 6.04 Å². The number of carboxylic acid groups (broad SMARTS) is 1. The number of benzene rings is 1. The normalized spacial score (nSPS) is 16.7. The quantitative estimate of drug-likeness (QED) is 0.0855. The van der Waals surface area contributed by atoms with Crippen LogP contribution in [0.25, 0.3) is 0 Å². The van der Waals surface area contributed by atoms with Crippen LogP contribution in [0.3, 0.4) is 0 Å². The summed E-state index contributed by atoms with van der Waals surface area (Å²) in [4.78, 5) is 74.6. The molecule has 42 heavy (non-hydrogen) atoms. The Morgan fingerprint density at radius 3 is 1.64 bits per heavy atom. The second-order valence-corrected chi connectivity index (χ2v) is 9.72. The molecular weight excluding hydrogens is 560 g/mol. The number of nitrogens with two attached hydrogens (primary N) is 2. The molecule has 8 atom stereocenters. The van der Waals surface area contributed by atoms with Crippen LogP contribution in [0.15, 0.2) is 24.3 Å². The number of aromatic hydroxyl groups is 1. The number of hydrogen-bond acceptors (Lipinski definition) is 11. The first-order valence-corrected chi connectivity index (χ1v) is 12.7. The van der Waals surface area contributed by atoms with Crippen molar-refractivity contribution in [1.82, 2.24) is 21.3 Å². The summed E-state index contributed by atoms with van der Waals surface area (Å²) in [6, 6.07) is -2.72. The monoisotopic (exact) mass is 598 g/mol. The van der Waals surface area contributed by atoms with E-state index in [9.17, 15) is 54.3 Å². The third-order valence-corrected chi connectivity index (χ3v) is 5.98. The predicted octanol–water partition coefficient (Wildman–Crippen LogP) is -4.70. The van der Waals surface area contributed by atoms with Crippen LogP contribution in [0.5, 0.6) is 5.75 Å². The minimum absolute atomic E-state index is 0.0952. The molecule has 0 spiro atoms. The first-order valence-electron chi connectivity index (χ1n) is 12.7. The fraction of sp³-hybridized carbons (Fsp3) is 0.520. The summed E-state index contributed by atoms with van der Waals surface area (Å²) >= 11 is 0. The molecule has 13 N–H and O–H groups in total. The van der Waals surface area contributed by atoms with Crippen molar-refractivity contribution in [2.75, 3.05) is 0 Å². The second kappa shape index (κ2) is 16.2. The van der Waals surface area contributed by atoms with Crippen LogP contribution in [0.1, 0.15) is 32.8 Å². The van der Waals surface area contributed by atoms with Crippen molar-refractivity contribution in [2.45, 2.75) is 82.1 Å². The highest BCUT2D eigenvalue weighted by atomic mass is 16.4. The molecule has 0 saturated carbocycles. The number of phenols is 1. The SMILES string of the molecule is CC(O)[C@H](N)C(=O)N[C@H](C(=O)N[C@@H](CC(N)=O)C(=O)N[C@@H](Cc1ccc(O)cc1)C(=O)N[C@@H](C(=O)O)C(C)O)C(C)O. The van der Waals surface area contributed by atoms with E-state index >= 15 is 0 Å². The predicted molar refractivity (Wildman–Crippen MR) is 144 cm³/mol. The summed E-state index contributed by atoms with van der Waals surface area (Å²) in [6.07, 6.45) is -5.40. The molecule has 0 heterocycles. The molecule has 0 fully saturated rings. The number of nitrogens with one attached hydrogen (secondary N) is 4. The Hall–Kier alpha value is -4.32. The molecule has 1 aromatic rings. The molecule has 0 aliphatic carbocycles. The summed E-state index contributed by atoms with van der Waals surface area (Å²) < 4.78 is 0. The molecular formula is C25H38N6O11. The van der Waals surface area contributed by atoms with Crippen LogP contribution in [0.2, 0.25) is 0 Å². The molecule has 0 aromatic heterocycles. The van der Waals surface area contributed by atoms with Crippen molar-refractivity contribution in [3.63, 3.8) is 0 Å². The van der Waals surface area contributed by atoms with Gasteiger partial charge in [-0.05, 0) is 38.5 Å². The standard InChI is InChI=1S/C25H38N6O11/c1-10(32)18(27)23(39)30-19(11(2)33)24(40)29-16(9-17(26)36)21(37)28-15(8-13-4-6-14(35)7-5-13)22(38)31-20(12(3)34)25(41)42/h4-7,10-12,15-16,18-20,32-35H,8-9,27H2,1-3H3,(H2,26,36)(H,28,37)(H,29,40)(H,30,39)(H,31,38)(H,41,42)/t10?,11?,12?,15-,16-,18-,19-,20+/m0/s1. The number of carbonyl (C=O) groups is 6. The highest BCUT2D eigenvalue weighted by molar-refractivity contribution is 5.97. The van der Waals surface area contributed by atoms with Crippen LogP contribution in [-0.2, 0) is 35.2 Å². The Morgan fingerprint density at radius 2 is 1.19 bits per heavy atom. The van der Waals surface area contributed by atoms with E-state index in [-0.39, 0.29) is 12.2 Å². The van der Waals surface area contributed by atoms with Crippen molar-refractivity contribution in [3.05, 3.63) is 29.8 Å². The fourth-order valence-corrected chi connectivity index (χ4v) is 3.54. The summed E-state index contributed by atoms with van der Waals surface area (Å²) in [5.74, 6) is -7.02. The molecule has 0 aliphatic heterocycles. The molecule has 5 amide bonds. The third-order valence-electron chi connectivity index (χ3n) is 5.98. The lowest BCUT2D eigenvalue weighted by molar-refractivity contribution is -0.145. The molecule has 1 rings (SSSR count). The van der Waals surface area contributed by atoms with E-state index in [4.69, 9.17) is 11.5 Å². The highest BCUT2D eigenvalue weighted by Crippen LogP contribution is 2.12. The van der Waals surface area contributed by atoms with Gasteiger partial charge in [-0.2, -0.15) is 0 Å². The van der Waals surface area contributed by atoms with E-state index < -0.39 is 90.4 Å². The zero-order valence-electron chi connectivity index (χ0n) is 23.2. The van der Waals surface area contributed by atoms with Crippen LogP contribution in [0.4, 0.5) is 0 Å². The lowest BCUT2D eigenvalue weighted by Crippen LogP contribution is -2.62. The van der Waals surface area contributed by atoms with Gasteiger partial charge in [0.1, 0.15) is 29.9 Å². The molecule has 0 radical (unpaired) electrons. The van der Waals surface area contributed by atoms with Crippen LogP contribution >= 0.6 is 0 Å². The maximum atomic E-state index is 13.2. The van der Waals surface area contributed by atoms with Crippen LogP contribution in [0, 0.1) is 0 Å². The van der Waals surface area contributed by atoms with Gasteiger partial charge >= 0.3 is 5.97 Å². The molecule has 3 unspecified atom stereocenters. The Labute approximate surface area is 240 Å². The number of aliphatic hydroxyl groups is 3. The number of rotatable bonds is 16. The lowest BCUT2D eigenvalue weighted by atomic mass is 10.0. The van der Waals surface area contributed by atoms with Gasteiger partial charge in [-0.25, -0.2) is 4.79 Å². The summed E-state index contributed by atoms with van der Waals surface area (Å²) in [5.41, 5.74) is 11.2. The van der Waals surface area contributed by atoms with Crippen molar-refractivity contribution < 1.29 is 54.3 Å². The van der Waals surface area contributed by atoms with Gasteiger partial charge in [-0.15, -0.1) is 0 Å². The van der Waals surface area contributed by atoms with E-state index in [0.29, 0.717) is 5.56 Å². The van der Waals surface area contributed by atoms with E-state index in [1.54, 1.807) is 0 Å². The smallest absolute Gasteiger partial charge is 0.328 e. The van der Waals surface area contributed by atoms with Crippen LogP contribution < -0.4 is 32.7 Å². The number of amides is 5. The molecule has 0 aliphatic rings. The summed E-state index contributed by atoms with van der Waals surface area (Å²) in [7, 11) is 0. The number of phenolic OH excluding ortho intramolecular Hbond substituents is 1. The van der Waals surface area contributed by atoms with E-state index in [1.165, 1.54) is 31.2 Å². The maximum absolute atomic E-state index is 13.2. The number of aliphatic hydroxyl groups excluding tert-OH is 3. The molecule has 0 saturated heterocycles. The van der Waals surface area contributed by atoms with Crippen LogP contribution in [-0.4, -0.2) is 110 Å². The van der Waals surface area contributed by atoms with E-state index in [2.05, 4.69) is 21.3 Å². The van der Waals surface area contributed by atoms with Crippen molar-refractivity contribution in [3.8, 4) is 5.75 Å². The molecule has 234 valence electrons. The van der Waals surface area contributed by atoms with Gasteiger partial charge < -0.3 is 58.3 Å². The fourth-order valence-electron chi connectivity index (χ4n) is 3.54. The summed E-state index contributed by atoms with van der Waals surface area (Å²) in [6.45, 7) is 3.48. The Balaban J connectivity index is 3.26. The molecule has 0 bridgehead atoms. The molecule has 1 aromatic carbocycles. The number of aliphatic carboxylic acids is 1. The average molecular weight is 599 g/mol. The second-order valence-electron chi connectivity index (χ2n) is 9.72.